The molecular weight excluding hydrogens is 375 g/mol. The highest BCUT2D eigenvalue weighted by molar-refractivity contribution is 7.09. The normalized spacial score (nSPS) is 12.2. The number of benzene rings is 1. The topological polar surface area (TPSA) is 59.8 Å². The van der Waals surface area contributed by atoms with Gasteiger partial charge in [0.15, 0.2) is 0 Å². The van der Waals surface area contributed by atoms with E-state index >= 15 is 0 Å². The molecule has 0 bridgehead atoms. The van der Waals surface area contributed by atoms with Crippen molar-refractivity contribution in [1.29, 1.82) is 0 Å². The maximum absolute atomic E-state index is 13.0. The quantitative estimate of drug-likeness (QED) is 0.704. The Kier molecular flexibility index (Phi) is 5.38. The summed E-state index contributed by atoms with van der Waals surface area (Å²) in [6.07, 6.45) is 0. The molecule has 0 aliphatic rings. The van der Waals surface area contributed by atoms with Crippen molar-refractivity contribution >= 4 is 28.8 Å². The summed E-state index contributed by atoms with van der Waals surface area (Å²) in [5.74, 6) is -0.598. The van der Waals surface area contributed by atoms with E-state index in [1.807, 2.05) is 19.2 Å². The third kappa shape index (κ3) is 3.94. The predicted molar refractivity (Wildman–Crippen MR) is 100 cm³/mol. The first-order chi connectivity index (χ1) is 12.3. The molecule has 1 N–H and O–H groups in total. The maximum Gasteiger partial charge on any atom is 0.256 e. The number of carbonyl (C=O) groups excluding carboxylic acids is 1. The summed E-state index contributed by atoms with van der Waals surface area (Å²) in [4.78, 5) is 17.1. The smallest absolute Gasteiger partial charge is 0.256 e. The number of nitrogens with one attached hydrogen (secondary N) is 1. The van der Waals surface area contributed by atoms with Gasteiger partial charge < -0.3 is 5.32 Å². The lowest BCUT2D eigenvalue weighted by molar-refractivity contribution is 0.0938. The Labute approximate surface area is 159 Å². The van der Waals surface area contributed by atoms with Crippen LogP contribution < -0.4 is 5.32 Å². The second-order valence-corrected chi connectivity index (χ2v) is 7.44. The van der Waals surface area contributed by atoms with Crippen LogP contribution >= 0.6 is 22.9 Å². The number of hydrogen-bond donors (Lipinski definition) is 1. The molecule has 2 heterocycles. The van der Waals surface area contributed by atoms with Crippen LogP contribution in [0.1, 0.15) is 45.3 Å². The molecule has 0 spiro atoms. The van der Waals surface area contributed by atoms with Crippen LogP contribution in [-0.4, -0.2) is 20.7 Å². The zero-order valence-electron chi connectivity index (χ0n) is 14.6. The van der Waals surface area contributed by atoms with Crippen molar-refractivity contribution in [3.63, 3.8) is 0 Å². The molecule has 8 heteroatoms. The zero-order chi connectivity index (χ0) is 18.8. The molecule has 3 aromatic rings. The van der Waals surface area contributed by atoms with Crippen LogP contribution in [0.2, 0.25) is 5.15 Å². The van der Waals surface area contributed by atoms with Crippen LogP contribution in [0.15, 0.2) is 29.6 Å². The van der Waals surface area contributed by atoms with E-state index in [9.17, 15) is 9.18 Å². The van der Waals surface area contributed by atoms with Crippen LogP contribution in [0, 0.1) is 19.7 Å². The highest BCUT2D eigenvalue weighted by Gasteiger charge is 2.22. The van der Waals surface area contributed by atoms with Crippen molar-refractivity contribution < 1.29 is 9.18 Å². The van der Waals surface area contributed by atoms with Crippen LogP contribution in [-0.2, 0) is 6.54 Å². The summed E-state index contributed by atoms with van der Waals surface area (Å²) in [5.41, 5.74) is 2.53. The fraction of sp³-hybridized carbons (Fsp3) is 0.278. The molecule has 26 heavy (non-hydrogen) atoms. The van der Waals surface area contributed by atoms with Crippen LogP contribution in [0.5, 0.6) is 0 Å². The Bertz CT molecular complexity index is 935. The van der Waals surface area contributed by atoms with Gasteiger partial charge in [-0.25, -0.2) is 14.1 Å². The Morgan fingerprint density at radius 1 is 1.35 bits per heavy atom. The lowest BCUT2D eigenvalue weighted by Crippen LogP contribution is -2.27. The standard InChI is InChI=1S/C18H18ClFN4OS/c1-10(15-9-26-12(3)22-15)21-18(25)16-11(2)23-24(17(16)19)8-13-4-6-14(20)7-5-13/h4-7,9-10H,8H2,1-3H3,(H,21,25). The third-order valence-electron chi connectivity index (χ3n) is 3.97. The summed E-state index contributed by atoms with van der Waals surface area (Å²) in [7, 11) is 0. The van der Waals surface area contributed by atoms with Gasteiger partial charge in [-0.15, -0.1) is 11.3 Å². The number of aryl methyl sites for hydroxylation is 2. The number of nitrogens with zero attached hydrogens (tertiary/aromatic N) is 3. The fourth-order valence-electron chi connectivity index (χ4n) is 2.60. The molecule has 3 rings (SSSR count). The predicted octanol–water partition coefficient (Wildman–Crippen LogP) is 4.29. The molecule has 1 atom stereocenters. The molecule has 5 nitrogen and oxygen atoms in total. The van der Waals surface area contributed by atoms with Gasteiger partial charge >= 0.3 is 0 Å². The molecular formula is C18H18ClFN4OS. The number of amides is 1. The molecule has 0 saturated heterocycles. The van der Waals surface area contributed by atoms with E-state index in [0.29, 0.717) is 17.8 Å². The van der Waals surface area contributed by atoms with Gasteiger partial charge in [-0.3, -0.25) is 4.79 Å². The van der Waals surface area contributed by atoms with Crippen LogP contribution in [0.25, 0.3) is 0 Å². The first kappa shape index (κ1) is 18.5. The molecule has 1 aromatic carbocycles. The van der Waals surface area contributed by atoms with E-state index in [1.54, 1.807) is 19.1 Å². The highest BCUT2D eigenvalue weighted by Crippen LogP contribution is 2.23. The molecule has 136 valence electrons. The lowest BCUT2D eigenvalue weighted by Gasteiger charge is -2.11. The van der Waals surface area contributed by atoms with E-state index in [-0.39, 0.29) is 22.9 Å². The number of rotatable bonds is 5. The molecule has 0 radical (unpaired) electrons. The zero-order valence-corrected chi connectivity index (χ0v) is 16.2. The van der Waals surface area contributed by atoms with Crippen molar-refractivity contribution in [2.75, 3.05) is 0 Å². The third-order valence-corrected chi connectivity index (χ3v) is 5.14. The van der Waals surface area contributed by atoms with Crippen LogP contribution in [0.4, 0.5) is 4.39 Å². The van der Waals surface area contributed by atoms with Gasteiger partial charge in [-0.2, -0.15) is 5.10 Å². The van der Waals surface area contributed by atoms with Gasteiger partial charge in [0, 0.05) is 5.38 Å². The summed E-state index contributed by atoms with van der Waals surface area (Å²) < 4.78 is 14.6. The Morgan fingerprint density at radius 2 is 2.04 bits per heavy atom. The minimum Gasteiger partial charge on any atom is -0.344 e. The van der Waals surface area contributed by atoms with Gasteiger partial charge in [0.1, 0.15) is 11.0 Å². The molecule has 1 unspecified atom stereocenters. The van der Waals surface area contributed by atoms with E-state index in [2.05, 4.69) is 15.4 Å². The first-order valence-corrected chi connectivity index (χ1v) is 9.31. The Hall–Kier alpha value is -2.25. The minimum atomic E-state index is -0.303. The number of hydrogen-bond acceptors (Lipinski definition) is 4. The number of halogens is 2. The van der Waals surface area contributed by atoms with Crippen molar-refractivity contribution in [3.8, 4) is 0 Å². The van der Waals surface area contributed by atoms with E-state index in [0.717, 1.165) is 16.3 Å². The van der Waals surface area contributed by atoms with Gasteiger partial charge in [0.05, 0.1) is 34.5 Å². The molecule has 0 aliphatic carbocycles. The van der Waals surface area contributed by atoms with Crippen molar-refractivity contribution in [3.05, 3.63) is 68.1 Å². The number of thiazole rings is 1. The van der Waals surface area contributed by atoms with E-state index < -0.39 is 0 Å². The highest BCUT2D eigenvalue weighted by atomic mass is 35.5. The maximum atomic E-state index is 13.0. The average molecular weight is 393 g/mol. The molecule has 1 amide bonds. The second-order valence-electron chi connectivity index (χ2n) is 6.02. The Balaban J connectivity index is 1.78. The van der Waals surface area contributed by atoms with Gasteiger partial charge in [-0.1, -0.05) is 23.7 Å². The number of aromatic nitrogens is 3. The molecule has 0 aliphatic heterocycles. The average Bonchev–Trinajstić information content (AvgIpc) is 3.13. The number of carbonyl (C=O) groups is 1. The van der Waals surface area contributed by atoms with Gasteiger partial charge in [0.2, 0.25) is 0 Å². The SMILES string of the molecule is Cc1nc(C(C)NC(=O)c2c(C)nn(Cc3ccc(F)cc3)c2Cl)cs1. The fourth-order valence-corrected chi connectivity index (χ4v) is 3.63. The Morgan fingerprint density at radius 3 is 2.65 bits per heavy atom. The molecule has 0 saturated carbocycles. The van der Waals surface area contributed by atoms with Gasteiger partial charge in [-0.05, 0) is 38.5 Å². The largest absolute Gasteiger partial charge is 0.344 e. The van der Waals surface area contributed by atoms with Gasteiger partial charge in [0.25, 0.3) is 5.91 Å². The summed E-state index contributed by atoms with van der Waals surface area (Å²) in [6, 6.07) is 5.85. The monoisotopic (exact) mass is 392 g/mol. The van der Waals surface area contributed by atoms with Crippen molar-refractivity contribution in [2.24, 2.45) is 0 Å². The van der Waals surface area contributed by atoms with Crippen molar-refractivity contribution in [1.82, 2.24) is 20.1 Å². The summed E-state index contributed by atoms with van der Waals surface area (Å²) in [5, 5.41) is 10.4. The van der Waals surface area contributed by atoms with Crippen LogP contribution in [0.3, 0.4) is 0 Å². The summed E-state index contributed by atoms with van der Waals surface area (Å²) in [6.45, 7) is 5.88. The molecule has 0 fully saturated rings. The minimum absolute atomic E-state index is 0.233. The van der Waals surface area contributed by atoms with E-state index in [4.69, 9.17) is 11.6 Å². The first-order valence-electron chi connectivity index (χ1n) is 8.05. The van der Waals surface area contributed by atoms with E-state index in [1.165, 1.54) is 28.2 Å². The van der Waals surface area contributed by atoms with Crippen molar-refractivity contribution in [2.45, 2.75) is 33.4 Å². The second kappa shape index (κ2) is 7.55. The summed E-state index contributed by atoms with van der Waals surface area (Å²) >= 11 is 7.93. The molecule has 2 aromatic heterocycles. The lowest BCUT2D eigenvalue weighted by atomic mass is 10.2.